The number of aliphatic hydroxyl groups is 6. The highest BCUT2D eigenvalue weighted by Crippen LogP contribution is 2.21. The van der Waals surface area contributed by atoms with E-state index in [1.54, 1.807) is 24.3 Å². The van der Waals surface area contributed by atoms with Crippen LogP contribution < -0.4 is 0 Å². The van der Waals surface area contributed by atoms with Gasteiger partial charge in [0.15, 0.2) is 0 Å². The van der Waals surface area contributed by atoms with Gasteiger partial charge in [0.05, 0.1) is 0 Å². The van der Waals surface area contributed by atoms with E-state index in [9.17, 15) is 30.6 Å². The molecule has 2 rings (SSSR count). The maximum Gasteiger partial charge on any atom is 0.139 e. The maximum absolute atomic E-state index is 10.2. The van der Waals surface area contributed by atoms with E-state index in [1.807, 2.05) is 26.0 Å². The van der Waals surface area contributed by atoms with Crippen LogP contribution in [0.2, 0.25) is 0 Å². The smallest absolute Gasteiger partial charge is 0.139 e. The Balaban J connectivity index is 2.14. The lowest BCUT2D eigenvalue weighted by Crippen LogP contribution is -2.45. The number of aryl methyl sites for hydroxylation is 2. The van der Waals surface area contributed by atoms with Crippen molar-refractivity contribution in [3.05, 3.63) is 77.3 Å². The Morgan fingerprint density at radius 3 is 1.33 bits per heavy atom. The van der Waals surface area contributed by atoms with Gasteiger partial charge in [0.1, 0.15) is 35.9 Å². The molecule has 0 aliphatic carbocycles. The first-order chi connectivity index (χ1) is 14.0. The second-order valence-corrected chi connectivity index (χ2v) is 9.35. The Morgan fingerprint density at radius 2 is 1.03 bits per heavy atom. The first kappa shape index (κ1) is 25.1. The van der Waals surface area contributed by atoms with Crippen molar-refractivity contribution in [1.29, 1.82) is 0 Å². The van der Waals surface area contributed by atoms with E-state index in [1.165, 1.54) is 12.2 Å². The standard InChI is InChI=1S/C22H24I2O6/c1-11-7-13(3-5-15(11)23)9-17(25)19(27)21(29)22(30)20(28)18(26)10-14-4-6-16(24)12(2)8-14/h3-10,19-22,25-30H,1-2H3/t19-,20+,21-,22-/m1/s1. The Bertz CT molecular complexity index is 879. The largest absolute Gasteiger partial charge is 0.509 e. The van der Waals surface area contributed by atoms with Crippen LogP contribution in [0.25, 0.3) is 12.2 Å². The average molecular weight is 638 g/mol. The summed E-state index contributed by atoms with van der Waals surface area (Å²) in [5.74, 6) is -1.16. The molecule has 6 nitrogen and oxygen atoms in total. The third-order valence-electron chi connectivity index (χ3n) is 4.60. The van der Waals surface area contributed by atoms with E-state index in [0.717, 1.165) is 18.3 Å². The number of halogens is 2. The van der Waals surface area contributed by atoms with Crippen LogP contribution in [-0.4, -0.2) is 55.1 Å². The normalized spacial score (nSPS) is 16.8. The molecule has 2 aromatic carbocycles. The summed E-state index contributed by atoms with van der Waals surface area (Å²) in [5, 5.41) is 61.1. The van der Waals surface area contributed by atoms with Gasteiger partial charge < -0.3 is 30.6 Å². The molecule has 0 heterocycles. The molecule has 30 heavy (non-hydrogen) atoms. The first-order valence-electron chi connectivity index (χ1n) is 9.07. The first-order valence-corrected chi connectivity index (χ1v) is 11.2. The van der Waals surface area contributed by atoms with Crippen LogP contribution >= 0.6 is 45.2 Å². The lowest BCUT2D eigenvalue weighted by molar-refractivity contribution is -0.0996. The monoisotopic (exact) mass is 638 g/mol. The van der Waals surface area contributed by atoms with Crippen molar-refractivity contribution >= 4 is 57.3 Å². The lowest BCUT2D eigenvalue weighted by atomic mass is 9.98. The van der Waals surface area contributed by atoms with Gasteiger partial charge >= 0.3 is 0 Å². The summed E-state index contributed by atoms with van der Waals surface area (Å²) >= 11 is 4.34. The molecule has 8 heteroatoms. The van der Waals surface area contributed by atoms with Crippen LogP contribution in [-0.2, 0) is 0 Å². The second-order valence-electron chi connectivity index (χ2n) is 7.03. The van der Waals surface area contributed by atoms with Gasteiger partial charge in [0, 0.05) is 7.14 Å². The zero-order chi connectivity index (χ0) is 22.6. The molecule has 6 N–H and O–H groups in total. The van der Waals surface area contributed by atoms with E-state index in [-0.39, 0.29) is 0 Å². The number of benzene rings is 2. The SMILES string of the molecule is Cc1cc(C=C(O)[C@@H](O)[C@@H](O)[C@H](O)[C@@H](O)C(O)=Cc2ccc(I)c(C)c2)ccc1I. The molecule has 2 aromatic rings. The highest BCUT2D eigenvalue weighted by molar-refractivity contribution is 14.1. The maximum atomic E-state index is 10.2. The third kappa shape index (κ3) is 6.41. The molecule has 4 atom stereocenters. The van der Waals surface area contributed by atoms with Crippen LogP contribution in [0.1, 0.15) is 22.3 Å². The minimum Gasteiger partial charge on any atom is -0.509 e. The topological polar surface area (TPSA) is 121 Å². The average Bonchev–Trinajstić information content (AvgIpc) is 2.71. The molecule has 0 bridgehead atoms. The van der Waals surface area contributed by atoms with Gasteiger partial charge in [0.25, 0.3) is 0 Å². The van der Waals surface area contributed by atoms with E-state index >= 15 is 0 Å². The summed E-state index contributed by atoms with van der Waals surface area (Å²) in [6.07, 6.45) is -5.06. The minimum atomic E-state index is -1.93. The summed E-state index contributed by atoms with van der Waals surface area (Å²) < 4.78 is 2.07. The van der Waals surface area contributed by atoms with Crippen LogP contribution in [0.5, 0.6) is 0 Å². The molecule has 162 valence electrons. The summed E-state index contributed by atoms with van der Waals surface area (Å²) in [5.41, 5.74) is 3.15. The fraction of sp³-hybridized carbons (Fsp3) is 0.273. The zero-order valence-corrected chi connectivity index (χ0v) is 20.7. The second kappa shape index (κ2) is 10.9. The van der Waals surface area contributed by atoms with Crippen molar-refractivity contribution in [3.8, 4) is 0 Å². The van der Waals surface area contributed by atoms with Crippen molar-refractivity contribution in [1.82, 2.24) is 0 Å². The van der Waals surface area contributed by atoms with Crippen LogP contribution in [0.15, 0.2) is 47.9 Å². The van der Waals surface area contributed by atoms with Gasteiger partial charge in [-0.25, -0.2) is 0 Å². The van der Waals surface area contributed by atoms with Gasteiger partial charge in [-0.05, 0) is 106 Å². The van der Waals surface area contributed by atoms with Crippen molar-refractivity contribution in [2.45, 2.75) is 38.3 Å². The van der Waals surface area contributed by atoms with Crippen molar-refractivity contribution in [2.24, 2.45) is 0 Å². The van der Waals surface area contributed by atoms with Crippen molar-refractivity contribution < 1.29 is 30.6 Å². The van der Waals surface area contributed by atoms with E-state index in [4.69, 9.17) is 0 Å². The Kier molecular flexibility index (Phi) is 9.13. The highest BCUT2D eigenvalue weighted by Gasteiger charge is 2.34. The molecule has 0 amide bonds. The van der Waals surface area contributed by atoms with Gasteiger partial charge in [-0.3, -0.25) is 0 Å². The summed E-state index contributed by atoms with van der Waals surface area (Å²) in [6, 6.07) is 10.7. The molecule has 0 fully saturated rings. The molecule has 0 aliphatic heterocycles. The summed E-state index contributed by atoms with van der Waals surface area (Å²) in [4.78, 5) is 0. The van der Waals surface area contributed by atoms with E-state index in [2.05, 4.69) is 45.2 Å². The lowest BCUT2D eigenvalue weighted by Gasteiger charge is -2.26. The van der Waals surface area contributed by atoms with Crippen molar-refractivity contribution in [3.63, 3.8) is 0 Å². The fourth-order valence-electron chi connectivity index (χ4n) is 2.75. The molecule has 0 saturated carbocycles. The van der Waals surface area contributed by atoms with E-state index < -0.39 is 35.9 Å². The van der Waals surface area contributed by atoms with Gasteiger partial charge in [-0.15, -0.1) is 0 Å². The molecule has 0 unspecified atom stereocenters. The fourth-order valence-corrected chi connectivity index (χ4v) is 3.42. The molecule has 0 radical (unpaired) electrons. The quantitative estimate of drug-likeness (QED) is 0.204. The molecule has 0 saturated heterocycles. The van der Waals surface area contributed by atoms with Crippen molar-refractivity contribution in [2.75, 3.05) is 0 Å². The van der Waals surface area contributed by atoms with Crippen LogP contribution in [0.3, 0.4) is 0 Å². The predicted molar refractivity (Wildman–Crippen MR) is 133 cm³/mol. The Morgan fingerprint density at radius 1 is 0.700 bits per heavy atom. The van der Waals surface area contributed by atoms with Gasteiger partial charge in [0.2, 0.25) is 0 Å². The number of rotatable bonds is 7. The Labute approximate surface area is 202 Å². The Hall–Kier alpha value is -1.18. The minimum absolute atomic E-state index is 0.578. The third-order valence-corrected chi connectivity index (χ3v) is 7.02. The highest BCUT2D eigenvalue weighted by atomic mass is 127. The molecule has 0 aromatic heterocycles. The molecular weight excluding hydrogens is 614 g/mol. The van der Waals surface area contributed by atoms with Crippen LogP contribution in [0, 0.1) is 21.0 Å². The summed E-state index contributed by atoms with van der Waals surface area (Å²) in [6.45, 7) is 3.79. The van der Waals surface area contributed by atoms with Gasteiger partial charge in [-0.2, -0.15) is 0 Å². The number of hydrogen-bond donors (Lipinski definition) is 6. The molecule has 0 spiro atoms. The summed E-state index contributed by atoms with van der Waals surface area (Å²) in [7, 11) is 0. The van der Waals surface area contributed by atoms with E-state index in [0.29, 0.717) is 11.1 Å². The number of hydrogen-bond acceptors (Lipinski definition) is 6. The predicted octanol–water partition coefficient (Wildman–Crippen LogP) is 3.45. The molecule has 0 aliphatic rings. The van der Waals surface area contributed by atoms with Crippen LogP contribution in [0.4, 0.5) is 0 Å². The molecular formula is C22H24I2O6. The van der Waals surface area contributed by atoms with Gasteiger partial charge in [-0.1, -0.05) is 24.3 Å². The number of aliphatic hydroxyl groups excluding tert-OH is 6. The zero-order valence-electron chi connectivity index (χ0n) is 16.4.